The van der Waals surface area contributed by atoms with E-state index >= 15 is 0 Å². The van der Waals surface area contributed by atoms with Crippen molar-refractivity contribution in [3.05, 3.63) is 166 Å². The van der Waals surface area contributed by atoms with Crippen molar-refractivity contribution < 1.29 is 19.4 Å². The van der Waals surface area contributed by atoms with E-state index in [1.165, 1.54) is 18.3 Å². The number of aliphatic hydroxyl groups excluding tert-OH is 1. The van der Waals surface area contributed by atoms with Gasteiger partial charge in [0.05, 0.1) is 57.5 Å². The number of nitriles is 2. The number of aromatic nitrogens is 4. The molecule has 14 nitrogen and oxygen atoms in total. The lowest BCUT2D eigenvalue weighted by Gasteiger charge is -2.16. The van der Waals surface area contributed by atoms with E-state index in [0.29, 0.717) is 58.0 Å². The van der Waals surface area contributed by atoms with Gasteiger partial charge in [0, 0.05) is 67.0 Å². The lowest BCUT2D eigenvalue weighted by atomic mass is 10.0. The molecule has 63 heavy (non-hydrogen) atoms. The molecule has 2 unspecified atom stereocenters. The molecule has 2 aliphatic heterocycles. The van der Waals surface area contributed by atoms with Crippen LogP contribution in [0.2, 0.25) is 0 Å². The fourth-order valence-electron chi connectivity index (χ4n) is 6.44. The summed E-state index contributed by atoms with van der Waals surface area (Å²) < 4.78 is 5.95. The summed E-state index contributed by atoms with van der Waals surface area (Å²) in [4.78, 5) is 51.3. The number of nitrogens with one attached hydrogen (secondary N) is 2. The van der Waals surface area contributed by atoms with Crippen LogP contribution in [0.4, 0.5) is 23.0 Å². The van der Waals surface area contributed by atoms with Crippen molar-refractivity contribution >= 4 is 96.7 Å². The molecule has 2 aliphatic rings. The number of pyridine rings is 4. The molecule has 3 N–H and O–H groups in total. The maximum atomic E-state index is 12.4. The largest absolute Gasteiger partial charge is 0.382 e. The number of ether oxygens (including phenoxy) is 1. The fourth-order valence-corrected chi connectivity index (χ4v) is 6.44. The quantitative estimate of drug-likeness (QED) is 0.117. The van der Waals surface area contributed by atoms with Gasteiger partial charge in [0.25, 0.3) is 11.8 Å². The molecule has 0 radical (unpaired) electrons. The molecule has 0 fully saturated rings. The first-order chi connectivity index (χ1) is 30.3. The molecule has 2 amide bonds. The van der Waals surface area contributed by atoms with E-state index in [2.05, 4.69) is 82.8 Å². The molecule has 314 valence electrons. The van der Waals surface area contributed by atoms with Crippen LogP contribution >= 0.6 is 47.3 Å². The van der Waals surface area contributed by atoms with Crippen LogP contribution in [0.3, 0.4) is 0 Å². The van der Waals surface area contributed by atoms with Crippen LogP contribution in [-0.2, 0) is 17.6 Å². The van der Waals surface area contributed by atoms with Gasteiger partial charge in [-0.1, -0.05) is 24.3 Å². The number of halogens is 3. The van der Waals surface area contributed by atoms with Crippen molar-refractivity contribution in [1.29, 1.82) is 10.5 Å². The Balaban J connectivity index is 0.000000194. The highest BCUT2D eigenvalue weighted by Crippen LogP contribution is 2.33. The SMILES string of the molecule is BrB(Br)Br.COC(C1=Nc2cc(C)cnc2C1)c1ccc(NC(=O)c2cccc(C#N)c2)nc1.Cc1cnc2c(c1)N=C(C(O)c1ccc(NC(=O)c3cccc(C#N)c3)nc1)C2. The minimum atomic E-state index is -0.894. The highest BCUT2D eigenvalue weighted by molar-refractivity contribution is 9.69. The normalized spacial score (nSPS) is 12.8. The van der Waals surface area contributed by atoms with E-state index in [0.717, 1.165) is 45.2 Å². The van der Waals surface area contributed by atoms with E-state index in [9.17, 15) is 14.7 Å². The number of rotatable bonds is 9. The molecule has 4 aromatic heterocycles. The second kappa shape index (κ2) is 21.7. The van der Waals surface area contributed by atoms with Gasteiger partial charge in [-0.15, -0.1) is 47.3 Å². The second-order valence-electron chi connectivity index (χ2n) is 14.0. The first kappa shape index (κ1) is 46.2. The molecule has 0 saturated heterocycles. The van der Waals surface area contributed by atoms with Crippen LogP contribution in [0.15, 0.2) is 120 Å². The molecule has 8 rings (SSSR count). The Bertz CT molecular complexity index is 2790. The Morgan fingerprint density at radius 3 is 1.59 bits per heavy atom. The third-order valence-corrected chi connectivity index (χ3v) is 9.43. The Labute approximate surface area is 388 Å². The molecule has 0 bridgehead atoms. The number of aliphatic imine (C=N–C) groups is 2. The summed E-state index contributed by atoms with van der Waals surface area (Å²) in [5.41, 5.74) is 10.1. The van der Waals surface area contributed by atoms with E-state index in [-0.39, 0.29) is 21.1 Å². The topological polar surface area (TPSA) is 212 Å². The number of hydrogen-bond acceptors (Lipinski definition) is 12. The Morgan fingerprint density at radius 2 is 1.14 bits per heavy atom. The van der Waals surface area contributed by atoms with Crippen LogP contribution in [0, 0.1) is 36.5 Å². The van der Waals surface area contributed by atoms with Gasteiger partial charge in [0.1, 0.15) is 23.8 Å². The zero-order valence-electron chi connectivity index (χ0n) is 33.9. The lowest BCUT2D eigenvalue weighted by molar-refractivity contribution is 0.101. The molecule has 0 spiro atoms. The molecule has 2 atom stereocenters. The minimum Gasteiger partial charge on any atom is -0.382 e. The summed E-state index contributed by atoms with van der Waals surface area (Å²) in [6.45, 7) is 3.94. The summed E-state index contributed by atoms with van der Waals surface area (Å²) in [7, 11) is 1.63. The van der Waals surface area contributed by atoms with Crippen LogP contribution in [0.1, 0.15) is 77.7 Å². The second-order valence-corrected chi connectivity index (χ2v) is 20.5. The third-order valence-electron chi connectivity index (χ3n) is 9.43. The van der Waals surface area contributed by atoms with Gasteiger partial charge in [0.15, 0.2) is 0 Å². The number of amides is 2. The zero-order chi connectivity index (χ0) is 45.0. The number of nitrogens with zero attached hydrogens (tertiary/aromatic N) is 8. The van der Waals surface area contributed by atoms with Gasteiger partial charge in [0.2, 0.25) is 0 Å². The number of carbonyl (C=O) groups excluding carboxylic acids is 2. The van der Waals surface area contributed by atoms with Crippen LogP contribution in [0.25, 0.3) is 0 Å². The summed E-state index contributed by atoms with van der Waals surface area (Å²) >= 11 is 9.31. The van der Waals surface area contributed by atoms with Crippen molar-refractivity contribution in [2.75, 3.05) is 17.7 Å². The van der Waals surface area contributed by atoms with Gasteiger partial charge in [-0.25, -0.2) is 9.97 Å². The molecule has 2 aromatic carbocycles. The molecular weight excluding hydrogens is 995 g/mol. The summed E-state index contributed by atoms with van der Waals surface area (Å²) in [6, 6.07) is 27.8. The van der Waals surface area contributed by atoms with E-state index < -0.39 is 6.10 Å². The maximum Gasteiger partial charge on any atom is 0.369 e. The minimum absolute atomic E-state index is 0.271. The molecule has 6 aromatic rings. The van der Waals surface area contributed by atoms with Gasteiger partial charge in [-0.2, -0.15) is 10.5 Å². The monoisotopic (exact) mass is 1030 g/mol. The third kappa shape index (κ3) is 12.4. The number of anilines is 2. The molecule has 0 saturated carbocycles. The van der Waals surface area contributed by atoms with Crippen LogP contribution in [0.5, 0.6) is 0 Å². The van der Waals surface area contributed by atoms with Crippen molar-refractivity contribution in [1.82, 2.24) is 19.9 Å². The van der Waals surface area contributed by atoms with E-state index in [1.807, 2.05) is 50.4 Å². The van der Waals surface area contributed by atoms with Crippen LogP contribution < -0.4 is 10.6 Å². The summed E-state index contributed by atoms with van der Waals surface area (Å²) in [6.07, 6.45) is 6.68. The number of carbonyl (C=O) groups is 2. The van der Waals surface area contributed by atoms with Gasteiger partial charge < -0.3 is 20.5 Å². The Morgan fingerprint density at radius 1 is 0.683 bits per heavy atom. The predicted octanol–water partition coefficient (Wildman–Crippen LogP) is 9.35. The summed E-state index contributed by atoms with van der Waals surface area (Å²) in [5, 5.41) is 34.0. The summed E-state index contributed by atoms with van der Waals surface area (Å²) in [5.74, 6) is 0.0739. The first-order valence-corrected chi connectivity index (χ1v) is 21.8. The Kier molecular flexibility index (Phi) is 15.9. The molecule has 18 heteroatoms. The maximum absolute atomic E-state index is 12.4. The number of hydrogen-bond donors (Lipinski definition) is 3. The standard InChI is InChI=1S/C23H19N5O2.C22H17N5O2.BBr3/c1-14-8-19-18(25-12-14)10-20(27-19)22(30-2)17-6-7-21(26-13-17)28-23(29)16-5-3-4-15(9-16)11-24;1-13-7-18-17(24-11-13)9-19(26-18)21(28)16-5-6-20(25-12-16)27-22(29)15-4-2-3-14(8-15)10-23;2-1(3)4/h3-9,12-13,22H,10H2,1-2H3,(H,26,28,29);2-8,11-12,21,28H,9H2,1H3,(H,25,27,29);. The van der Waals surface area contributed by atoms with Crippen molar-refractivity contribution in [3.8, 4) is 12.1 Å². The smallest absolute Gasteiger partial charge is 0.369 e. The number of benzene rings is 2. The predicted molar refractivity (Wildman–Crippen MR) is 253 cm³/mol. The van der Waals surface area contributed by atoms with E-state index in [1.54, 1.807) is 74.1 Å². The van der Waals surface area contributed by atoms with E-state index in [4.69, 9.17) is 20.3 Å². The van der Waals surface area contributed by atoms with Gasteiger partial charge in [-0.3, -0.25) is 29.5 Å². The number of methoxy groups -OCH3 is 1. The number of fused-ring (bicyclic) bond motifs is 2. The Hall–Kier alpha value is -6.28. The molecule has 6 heterocycles. The highest BCUT2D eigenvalue weighted by Gasteiger charge is 2.26. The van der Waals surface area contributed by atoms with Gasteiger partial charge >= 0.3 is 3.18 Å². The average Bonchev–Trinajstić information content (AvgIpc) is 3.91. The fraction of sp³-hybridized carbons (Fsp3) is 0.156. The van der Waals surface area contributed by atoms with Crippen molar-refractivity contribution in [2.45, 2.75) is 38.9 Å². The average molecular weight is 1030 g/mol. The first-order valence-electron chi connectivity index (χ1n) is 19.1. The van der Waals surface area contributed by atoms with Crippen LogP contribution in [-0.4, -0.2) is 58.6 Å². The zero-order valence-corrected chi connectivity index (χ0v) is 38.7. The highest BCUT2D eigenvalue weighted by atomic mass is 79.9. The number of aryl methyl sites for hydroxylation is 2. The lowest BCUT2D eigenvalue weighted by Crippen LogP contribution is -2.16. The van der Waals surface area contributed by atoms with Crippen molar-refractivity contribution in [3.63, 3.8) is 0 Å². The number of aliphatic hydroxyl groups is 1. The van der Waals surface area contributed by atoms with Gasteiger partial charge in [-0.05, 0) is 85.6 Å². The molecule has 0 aliphatic carbocycles. The van der Waals surface area contributed by atoms with Crippen molar-refractivity contribution in [2.24, 2.45) is 9.98 Å². The molecular formula is C45H36BBr3N10O4.